The number of thiophene rings is 1. The monoisotopic (exact) mass is 342 g/mol. The predicted molar refractivity (Wildman–Crippen MR) is 100 cm³/mol. The van der Waals surface area contributed by atoms with Gasteiger partial charge in [-0.2, -0.15) is 0 Å². The first-order valence-electron chi connectivity index (χ1n) is 8.89. The largest absolute Gasteiger partial charge is 0.352 e. The van der Waals surface area contributed by atoms with Gasteiger partial charge >= 0.3 is 0 Å². The van der Waals surface area contributed by atoms with Gasteiger partial charge in [-0.05, 0) is 61.3 Å². The van der Waals surface area contributed by atoms with Gasteiger partial charge in [0.25, 0.3) is 0 Å². The van der Waals surface area contributed by atoms with Crippen molar-refractivity contribution in [2.45, 2.75) is 45.2 Å². The smallest absolute Gasteiger partial charge is 0.220 e. The number of aryl methyl sites for hydroxylation is 1. The van der Waals surface area contributed by atoms with Crippen LogP contribution in [0.15, 0.2) is 41.8 Å². The van der Waals surface area contributed by atoms with E-state index < -0.39 is 0 Å². The Morgan fingerprint density at radius 2 is 1.83 bits per heavy atom. The lowest BCUT2D eigenvalue weighted by Crippen LogP contribution is -2.22. The summed E-state index contributed by atoms with van der Waals surface area (Å²) in [5.74, 6) is 0.146. The highest BCUT2D eigenvalue weighted by molar-refractivity contribution is 7.09. The van der Waals surface area contributed by atoms with E-state index in [-0.39, 0.29) is 5.91 Å². The van der Waals surface area contributed by atoms with Crippen molar-refractivity contribution in [2.24, 2.45) is 0 Å². The number of amides is 1. The van der Waals surface area contributed by atoms with E-state index >= 15 is 0 Å². The molecule has 1 aliphatic rings. The van der Waals surface area contributed by atoms with Crippen LogP contribution in [-0.4, -0.2) is 23.9 Å². The summed E-state index contributed by atoms with van der Waals surface area (Å²) in [5.41, 5.74) is 2.54. The maximum absolute atomic E-state index is 11.9. The lowest BCUT2D eigenvalue weighted by atomic mass is 10.1. The third-order valence-corrected chi connectivity index (χ3v) is 5.46. The van der Waals surface area contributed by atoms with E-state index in [0.29, 0.717) is 13.0 Å². The number of carbonyl (C=O) groups is 1. The molecule has 1 aromatic heterocycles. The van der Waals surface area contributed by atoms with Gasteiger partial charge in [-0.3, -0.25) is 9.69 Å². The molecule has 128 valence electrons. The minimum absolute atomic E-state index is 0.146. The predicted octanol–water partition coefficient (Wildman–Crippen LogP) is 3.98. The van der Waals surface area contributed by atoms with E-state index in [0.717, 1.165) is 19.4 Å². The van der Waals surface area contributed by atoms with Gasteiger partial charge in [0.15, 0.2) is 0 Å². The number of benzene rings is 1. The minimum Gasteiger partial charge on any atom is -0.352 e. The van der Waals surface area contributed by atoms with Crippen molar-refractivity contribution in [3.05, 3.63) is 57.8 Å². The van der Waals surface area contributed by atoms with Crippen LogP contribution in [0, 0.1) is 0 Å². The van der Waals surface area contributed by atoms with Crippen LogP contribution in [0.2, 0.25) is 0 Å². The summed E-state index contributed by atoms with van der Waals surface area (Å²) in [6, 6.07) is 12.8. The highest BCUT2D eigenvalue weighted by atomic mass is 32.1. The van der Waals surface area contributed by atoms with Crippen LogP contribution in [0.5, 0.6) is 0 Å². The normalized spacial score (nSPS) is 14.8. The fourth-order valence-corrected chi connectivity index (χ4v) is 3.88. The Morgan fingerprint density at radius 1 is 1.08 bits per heavy atom. The zero-order chi connectivity index (χ0) is 16.6. The third kappa shape index (κ3) is 5.46. The zero-order valence-electron chi connectivity index (χ0n) is 14.2. The minimum atomic E-state index is 0.146. The molecule has 1 saturated heterocycles. The first-order valence-corrected chi connectivity index (χ1v) is 9.77. The highest BCUT2D eigenvalue weighted by Gasteiger charge is 2.11. The molecule has 0 saturated carbocycles. The molecule has 4 heteroatoms. The standard InChI is InChI=1S/C20H26N2OS/c23-20(7-3-5-19-6-4-14-24-19)21-15-17-8-10-18(11-9-17)16-22-12-1-2-13-22/h4,6,8-11,14H,1-3,5,7,12-13,15-16H2,(H,21,23). The summed E-state index contributed by atoms with van der Waals surface area (Å²) < 4.78 is 0. The fourth-order valence-electron chi connectivity index (χ4n) is 3.13. The maximum Gasteiger partial charge on any atom is 0.220 e. The number of nitrogens with one attached hydrogen (secondary N) is 1. The Labute approximate surface area is 148 Å². The molecule has 1 fully saturated rings. The second-order valence-electron chi connectivity index (χ2n) is 6.51. The van der Waals surface area contributed by atoms with E-state index in [1.165, 1.54) is 41.9 Å². The van der Waals surface area contributed by atoms with Crippen molar-refractivity contribution in [3.8, 4) is 0 Å². The van der Waals surface area contributed by atoms with E-state index in [2.05, 4.69) is 52.0 Å². The number of hydrogen-bond acceptors (Lipinski definition) is 3. The summed E-state index contributed by atoms with van der Waals surface area (Å²) in [4.78, 5) is 15.8. The van der Waals surface area contributed by atoms with Crippen molar-refractivity contribution < 1.29 is 4.79 Å². The summed E-state index contributed by atoms with van der Waals surface area (Å²) in [6.07, 6.45) is 5.18. The molecule has 1 aromatic carbocycles. The SMILES string of the molecule is O=C(CCCc1cccs1)NCc1ccc(CN2CCCC2)cc1. The number of likely N-dealkylation sites (tertiary alicyclic amines) is 1. The fraction of sp³-hybridized carbons (Fsp3) is 0.450. The molecular formula is C20H26N2OS. The second kappa shape index (κ2) is 9.00. The van der Waals surface area contributed by atoms with Gasteiger partial charge < -0.3 is 5.32 Å². The van der Waals surface area contributed by atoms with Gasteiger partial charge in [0.2, 0.25) is 5.91 Å². The maximum atomic E-state index is 11.9. The Morgan fingerprint density at radius 3 is 2.54 bits per heavy atom. The molecule has 0 atom stereocenters. The molecule has 3 nitrogen and oxygen atoms in total. The number of hydrogen-bond donors (Lipinski definition) is 1. The summed E-state index contributed by atoms with van der Waals surface area (Å²) in [6.45, 7) is 4.13. The van der Waals surface area contributed by atoms with Crippen LogP contribution < -0.4 is 5.32 Å². The van der Waals surface area contributed by atoms with E-state index in [1.54, 1.807) is 11.3 Å². The second-order valence-corrected chi connectivity index (χ2v) is 7.54. The van der Waals surface area contributed by atoms with E-state index in [4.69, 9.17) is 0 Å². The molecule has 1 amide bonds. The number of rotatable bonds is 8. The summed E-state index contributed by atoms with van der Waals surface area (Å²) in [5, 5.41) is 5.11. The quantitative estimate of drug-likeness (QED) is 0.787. The van der Waals surface area contributed by atoms with Crippen molar-refractivity contribution >= 4 is 17.2 Å². The highest BCUT2D eigenvalue weighted by Crippen LogP contribution is 2.14. The van der Waals surface area contributed by atoms with Crippen LogP contribution in [0.25, 0.3) is 0 Å². The first-order chi connectivity index (χ1) is 11.8. The molecule has 1 N–H and O–H groups in total. The lowest BCUT2D eigenvalue weighted by Gasteiger charge is -2.14. The Bertz CT molecular complexity index is 616. The van der Waals surface area contributed by atoms with E-state index in [9.17, 15) is 4.79 Å². The van der Waals surface area contributed by atoms with Crippen molar-refractivity contribution in [3.63, 3.8) is 0 Å². The number of carbonyl (C=O) groups excluding carboxylic acids is 1. The molecule has 0 aliphatic carbocycles. The van der Waals surface area contributed by atoms with Crippen molar-refractivity contribution in [1.82, 2.24) is 10.2 Å². The van der Waals surface area contributed by atoms with Gasteiger partial charge in [-0.25, -0.2) is 0 Å². The molecule has 0 bridgehead atoms. The van der Waals surface area contributed by atoms with Gasteiger partial charge in [0.1, 0.15) is 0 Å². The van der Waals surface area contributed by atoms with Gasteiger partial charge in [-0.15, -0.1) is 11.3 Å². The lowest BCUT2D eigenvalue weighted by molar-refractivity contribution is -0.121. The molecule has 0 spiro atoms. The summed E-state index contributed by atoms with van der Waals surface area (Å²) >= 11 is 1.76. The first kappa shape index (κ1) is 17.2. The Hall–Kier alpha value is -1.65. The summed E-state index contributed by atoms with van der Waals surface area (Å²) in [7, 11) is 0. The van der Waals surface area contributed by atoms with Crippen LogP contribution in [0.3, 0.4) is 0 Å². The molecule has 0 unspecified atom stereocenters. The molecule has 1 aliphatic heterocycles. The van der Waals surface area contributed by atoms with Gasteiger partial charge in [0.05, 0.1) is 0 Å². The average Bonchev–Trinajstić information content (AvgIpc) is 3.28. The average molecular weight is 343 g/mol. The molecule has 2 heterocycles. The molecule has 3 rings (SSSR count). The molecule has 24 heavy (non-hydrogen) atoms. The Kier molecular flexibility index (Phi) is 6.44. The van der Waals surface area contributed by atoms with Crippen LogP contribution in [0.4, 0.5) is 0 Å². The number of nitrogens with zero attached hydrogens (tertiary/aromatic N) is 1. The van der Waals surface area contributed by atoms with Gasteiger partial charge in [0, 0.05) is 24.4 Å². The van der Waals surface area contributed by atoms with Crippen LogP contribution in [-0.2, 0) is 24.3 Å². The molecule has 0 radical (unpaired) electrons. The molecular weight excluding hydrogens is 316 g/mol. The van der Waals surface area contributed by atoms with Crippen LogP contribution in [0.1, 0.15) is 41.7 Å². The Balaban J connectivity index is 1.35. The molecule has 2 aromatic rings. The topological polar surface area (TPSA) is 32.3 Å². The van der Waals surface area contributed by atoms with E-state index in [1.807, 2.05) is 0 Å². The van der Waals surface area contributed by atoms with Gasteiger partial charge in [-0.1, -0.05) is 30.3 Å². The third-order valence-electron chi connectivity index (χ3n) is 4.52. The van der Waals surface area contributed by atoms with Crippen molar-refractivity contribution in [1.29, 1.82) is 0 Å². The van der Waals surface area contributed by atoms with Crippen LogP contribution >= 0.6 is 11.3 Å². The van der Waals surface area contributed by atoms with Crippen molar-refractivity contribution in [2.75, 3.05) is 13.1 Å². The zero-order valence-corrected chi connectivity index (χ0v) is 15.0.